The molecule has 118 valence electrons. The zero-order valence-electron chi connectivity index (χ0n) is 13.3. The Hall–Kier alpha value is -2.20. The highest BCUT2D eigenvalue weighted by Crippen LogP contribution is 2.24. The Morgan fingerprint density at radius 2 is 1.87 bits per heavy atom. The van der Waals surface area contributed by atoms with Crippen LogP contribution in [-0.2, 0) is 11.3 Å². The highest BCUT2D eigenvalue weighted by atomic mass is 32.2. The lowest BCUT2D eigenvalue weighted by atomic mass is 10.1. The van der Waals surface area contributed by atoms with E-state index in [1.165, 1.54) is 10.8 Å². The Morgan fingerprint density at radius 3 is 2.61 bits per heavy atom. The molecule has 2 aromatic carbocycles. The van der Waals surface area contributed by atoms with Crippen LogP contribution >= 0.6 is 11.8 Å². The lowest BCUT2D eigenvalue weighted by molar-refractivity contribution is -0.127. The van der Waals surface area contributed by atoms with Gasteiger partial charge in [0.2, 0.25) is 5.91 Å². The maximum atomic E-state index is 12.3. The van der Waals surface area contributed by atoms with Crippen molar-refractivity contribution in [1.82, 2.24) is 4.90 Å². The van der Waals surface area contributed by atoms with Crippen molar-refractivity contribution in [2.24, 2.45) is 0 Å². The lowest BCUT2D eigenvalue weighted by Crippen LogP contribution is -2.27. The van der Waals surface area contributed by atoms with Crippen LogP contribution in [0.2, 0.25) is 0 Å². The summed E-state index contributed by atoms with van der Waals surface area (Å²) in [7, 11) is 1.81. The van der Waals surface area contributed by atoms with Gasteiger partial charge in [-0.25, -0.2) is 0 Å². The molecule has 0 atom stereocenters. The van der Waals surface area contributed by atoms with Crippen molar-refractivity contribution >= 4 is 28.4 Å². The molecule has 0 aliphatic rings. The molecule has 0 aliphatic carbocycles. The fourth-order valence-corrected chi connectivity index (χ4v) is 3.29. The molecule has 0 saturated carbocycles. The van der Waals surface area contributed by atoms with Crippen LogP contribution < -0.4 is 0 Å². The Kier molecular flexibility index (Phi) is 4.72. The van der Waals surface area contributed by atoms with E-state index in [-0.39, 0.29) is 5.91 Å². The maximum absolute atomic E-state index is 12.3. The molecule has 1 aromatic heterocycles. The number of rotatable bonds is 5. The van der Waals surface area contributed by atoms with Gasteiger partial charge >= 0.3 is 0 Å². The summed E-state index contributed by atoms with van der Waals surface area (Å²) in [6, 6.07) is 18.4. The first kappa shape index (κ1) is 15.7. The molecular formula is C19H19NO2S. The van der Waals surface area contributed by atoms with E-state index in [0.717, 1.165) is 16.4 Å². The SMILES string of the molecule is Cc1ccc(CN(C)C(=O)CSc2ccc3ccccc3c2)o1. The molecule has 0 fully saturated rings. The Balaban J connectivity index is 1.58. The van der Waals surface area contributed by atoms with Crippen LogP contribution in [0.3, 0.4) is 0 Å². The fraction of sp³-hybridized carbons (Fsp3) is 0.211. The van der Waals surface area contributed by atoms with Crippen LogP contribution in [0.5, 0.6) is 0 Å². The maximum Gasteiger partial charge on any atom is 0.233 e. The van der Waals surface area contributed by atoms with E-state index < -0.39 is 0 Å². The van der Waals surface area contributed by atoms with Gasteiger partial charge in [-0.15, -0.1) is 11.8 Å². The van der Waals surface area contributed by atoms with Gasteiger partial charge in [0, 0.05) is 11.9 Å². The molecule has 23 heavy (non-hydrogen) atoms. The number of amides is 1. The van der Waals surface area contributed by atoms with Gasteiger partial charge in [-0.2, -0.15) is 0 Å². The van der Waals surface area contributed by atoms with Gasteiger partial charge < -0.3 is 9.32 Å². The third-order valence-electron chi connectivity index (χ3n) is 3.70. The number of hydrogen-bond acceptors (Lipinski definition) is 3. The van der Waals surface area contributed by atoms with Crippen LogP contribution in [0.25, 0.3) is 10.8 Å². The predicted molar refractivity (Wildman–Crippen MR) is 94.6 cm³/mol. The molecule has 1 heterocycles. The summed E-state index contributed by atoms with van der Waals surface area (Å²) in [5.74, 6) is 2.20. The topological polar surface area (TPSA) is 33.5 Å². The van der Waals surface area contributed by atoms with Crippen molar-refractivity contribution in [1.29, 1.82) is 0 Å². The average Bonchev–Trinajstić information content (AvgIpc) is 2.97. The first-order valence-corrected chi connectivity index (χ1v) is 8.51. The number of thioether (sulfide) groups is 1. The number of fused-ring (bicyclic) bond motifs is 1. The van der Waals surface area contributed by atoms with E-state index in [4.69, 9.17) is 4.42 Å². The molecule has 0 unspecified atom stereocenters. The summed E-state index contributed by atoms with van der Waals surface area (Å²) in [5.41, 5.74) is 0. The highest BCUT2D eigenvalue weighted by molar-refractivity contribution is 8.00. The largest absolute Gasteiger partial charge is 0.464 e. The molecule has 0 radical (unpaired) electrons. The first-order chi connectivity index (χ1) is 11.1. The lowest BCUT2D eigenvalue weighted by Gasteiger charge is -2.15. The quantitative estimate of drug-likeness (QED) is 0.648. The van der Waals surface area contributed by atoms with E-state index in [1.54, 1.807) is 23.7 Å². The van der Waals surface area contributed by atoms with Crippen LogP contribution in [0, 0.1) is 6.92 Å². The predicted octanol–water partition coefficient (Wildman–Crippen LogP) is 4.49. The minimum atomic E-state index is 0.0946. The number of benzene rings is 2. The number of carbonyl (C=O) groups excluding carboxylic acids is 1. The summed E-state index contributed by atoms with van der Waals surface area (Å²) in [6.07, 6.45) is 0. The highest BCUT2D eigenvalue weighted by Gasteiger charge is 2.11. The van der Waals surface area contributed by atoms with Crippen LogP contribution in [-0.4, -0.2) is 23.6 Å². The summed E-state index contributed by atoms with van der Waals surface area (Å²) in [6.45, 7) is 2.41. The standard InChI is InChI=1S/C19H19NO2S/c1-14-7-9-17(22-14)12-20(2)19(21)13-23-18-10-8-15-5-3-4-6-16(15)11-18/h3-11H,12-13H2,1-2H3. The molecule has 0 aliphatic heterocycles. The van der Waals surface area contributed by atoms with Crippen molar-refractivity contribution in [3.8, 4) is 0 Å². The molecule has 1 amide bonds. The monoisotopic (exact) mass is 325 g/mol. The number of carbonyl (C=O) groups is 1. The average molecular weight is 325 g/mol. The first-order valence-electron chi connectivity index (χ1n) is 7.53. The third kappa shape index (κ3) is 3.96. The molecule has 3 rings (SSSR count). The fourth-order valence-electron chi connectivity index (χ4n) is 2.40. The minimum Gasteiger partial charge on any atom is -0.464 e. The number of hydrogen-bond donors (Lipinski definition) is 0. The van der Waals surface area contributed by atoms with Crippen molar-refractivity contribution in [3.63, 3.8) is 0 Å². The Bertz CT molecular complexity index is 825. The second-order valence-electron chi connectivity index (χ2n) is 5.56. The molecule has 3 nitrogen and oxygen atoms in total. The number of aryl methyl sites for hydroxylation is 1. The van der Waals surface area contributed by atoms with Crippen LogP contribution in [0.4, 0.5) is 0 Å². The second-order valence-corrected chi connectivity index (χ2v) is 6.61. The minimum absolute atomic E-state index is 0.0946. The third-order valence-corrected chi connectivity index (χ3v) is 4.68. The van der Waals surface area contributed by atoms with E-state index >= 15 is 0 Å². The van der Waals surface area contributed by atoms with Crippen molar-refractivity contribution < 1.29 is 9.21 Å². The molecule has 4 heteroatoms. The smallest absolute Gasteiger partial charge is 0.233 e. The summed E-state index contributed by atoms with van der Waals surface area (Å²) in [4.78, 5) is 15.1. The van der Waals surface area contributed by atoms with Gasteiger partial charge in [-0.1, -0.05) is 30.3 Å². The molecular weight excluding hydrogens is 306 g/mol. The van der Waals surface area contributed by atoms with E-state index in [1.807, 2.05) is 31.2 Å². The molecule has 0 spiro atoms. The molecule has 0 saturated heterocycles. The van der Waals surface area contributed by atoms with Gasteiger partial charge in [0.1, 0.15) is 11.5 Å². The molecule has 0 bridgehead atoms. The van der Waals surface area contributed by atoms with Gasteiger partial charge in [-0.05, 0) is 42.0 Å². The second kappa shape index (κ2) is 6.92. The Labute approximate surface area is 140 Å². The number of nitrogens with zero attached hydrogens (tertiary/aromatic N) is 1. The summed E-state index contributed by atoms with van der Waals surface area (Å²) >= 11 is 1.57. The van der Waals surface area contributed by atoms with Crippen LogP contribution in [0.1, 0.15) is 11.5 Å². The van der Waals surface area contributed by atoms with Crippen molar-refractivity contribution in [2.45, 2.75) is 18.4 Å². The zero-order valence-corrected chi connectivity index (χ0v) is 14.1. The van der Waals surface area contributed by atoms with Gasteiger partial charge in [0.05, 0.1) is 12.3 Å². The summed E-state index contributed by atoms with van der Waals surface area (Å²) in [5, 5.41) is 2.41. The summed E-state index contributed by atoms with van der Waals surface area (Å²) < 4.78 is 5.51. The van der Waals surface area contributed by atoms with Gasteiger partial charge in [0.25, 0.3) is 0 Å². The van der Waals surface area contributed by atoms with Gasteiger partial charge in [0.15, 0.2) is 0 Å². The van der Waals surface area contributed by atoms with Gasteiger partial charge in [-0.3, -0.25) is 4.79 Å². The molecule has 3 aromatic rings. The zero-order chi connectivity index (χ0) is 16.2. The normalized spacial score (nSPS) is 10.9. The van der Waals surface area contributed by atoms with Crippen molar-refractivity contribution in [3.05, 3.63) is 66.1 Å². The van der Waals surface area contributed by atoms with E-state index in [9.17, 15) is 4.79 Å². The van der Waals surface area contributed by atoms with E-state index in [2.05, 4.69) is 30.3 Å². The Morgan fingerprint density at radius 1 is 1.09 bits per heavy atom. The van der Waals surface area contributed by atoms with Crippen LogP contribution in [0.15, 0.2) is 63.9 Å². The number of furan rings is 1. The van der Waals surface area contributed by atoms with E-state index in [0.29, 0.717) is 12.3 Å². The molecule has 0 N–H and O–H groups in total. The van der Waals surface area contributed by atoms with Crippen molar-refractivity contribution in [2.75, 3.05) is 12.8 Å².